The summed E-state index contributed by atoms with van der Waals surface area (Å²) in [6.07, 6.45) is 0. The molecule has 0 atom stereocenters. The van der Waals surface area contributed by atoms with E-state index in [1.54, 1.807) is 23.1 Å². The van der Waals surface area contributed by atoms with Crippen LogP contribution in [0.5, 0.6) is 0 Å². The van der Waals surface area contributed by atoms with Gasteiger partial charge < -0.3 is 15.5 Å². The van der Waals surface area contributed by atoms with E-state index in [2.05, 4.69) is 26.6 Å². The van der Waals surface area contributed by atoms with Crippen LogP contribution in [0, 0.1) is 5.82 Å². The van der Waals surface area contributed by atoms with E-state index in [1.165, 1.54) is 18.2 Å². The Kier molecular flexibility index (Phi) is 6.66. The fourth-order valence-electron chi connectivity index (χ4n) is 2.20. The van der Waals surface area contributed by atoms with Crippen LogP contribution in [0.4, 0.5) is 10.1 Å². The molecular formula is C18H19BrFN3O2. The van der Waals surface area contributed by atoms with E-state index in [0.717, 1.165) is 5.56 Å². The second-order valence-corrected chi connectivity index (χ2v) is 6.65. The maximum absolute atomic E-state index is 13.1. The molecule has 0 aliphatic heterocycles. The first-order valence-electron chi connectivity index (χ1n) is 7.62. The molecule has 2 N–H and O–H groups in total. The molecule has 2 aromatic rings. The van der Waals surface area contributed by atoms with Crippen molar-refractivity contribution in [3.05, 3.63) is 63.9 Å². The minimum absolute atomic E-state index is 0.110. The highest BCUT2D eigenvalue weighted by Gasteiger charge is 2.11. The molecule has 2 aromatic carbocycles. The third kappa shape index (κ3) is 5.95. The zero-order chi connectivity index (χ0) is 18.4. The van der Waals surface area contributed by atoms with Crippen molar-refractivity contribution in [2.24, 2.45) is 0 Å². The third-order valence-electron chi connectivity index (χ3n) is 3.30. The van der Waals surface area contributed by atoms with Crippen LogP contribution in [0.2, 0.25) is 0 Å². The quantitative estimate of drug-likeness (QED) is 0.773. The third-order valence-corrected chi connectivity index (χ3v) is 3.96. The van der Waals surface area contributed by atoms with E-state index in [4.69, 9.17) is 0 Å². The number of hydrogen-bond acceptors (Lipinski definition) is 3. The zero-order valence-electron chi connectivity index (χ0n) is 14.0. The average molecular weight is 408 g/mol. The fourth-order valence-corrected chi connectivity index (χ4v) is 2.73. The van der Waals surface area contributed by atoms with E-state index in [9.17, 15) is 14.0 Å². The topological polar surface area (TPSA) is 61.4 Å². The Morgan fingerprint density at radius 2 is 1.92 bits per heavy atom. The second kappa shape index (κ2) is 8.73. The molecule has 0 aliphatic rings. The molecule has 5 nitrogen and oxygen atoms in total. The first-order chi connectivity index (χ1) is 11.8. The van der Waals surface area contributed by atoms with Gasteiger partial charge >= 0.3 is 0 Å². The molecule has 0 bridgehead atoms. The maximum atomic E-state index is 13.1. The van der Waals surface area contributed by atoms with Crippen LogP contribution in [-0.2, 0) is 11.3 Å². The van der Waals surface area contributed by atoms with Crippen LogP contribution in [-0.4, -0.2) is 37.4 Å². The highest BCUT2D eigenvalue weighted by Crippen LogP contribution is 2.18. The Hall–Kier alpha value is -2.25. The number of carbonyl (C=O) groups is 2. The van der Waals surface area contributed by atoms with Crippen molar-refractivity contribution in [3.8, 4) is 0 Å². The predicted octanol–water partition coefficient (Wildman–Crippen LogP) is 3.02. The van der Waals surface area contributed by atoms with Crippen molar-refractivity contribution in [1.82, 2.24) is 10.2 Å². The lowest BCUT2D eigenvalue weighted by atomic mass is 10.1. The van der Waals surface area contributed by atoms with Gasteiger partial charge in [0.15, 0.2) is 0 Å². The minimum atomic E-state index is -0.412. The van der Waals surface area contributed by atoms with Gasteiger partial charge in [-0.1, -0.05) is 12.1 Å². The van der Waals surface area contributed by atoms with Gasteiger partial charge in [0.05, 0.1) is 12.1 Å². The van der Waals surface area contributed by atoms with Crippen LogP contribution in [0.15, 0.2) is 46.9 Å². The molecule has 0 saturated heterocycles. The lowest BCUT2D eigenvalue weighted by Crippen LogP contribution is -2.27. The van der Waals surface area contributed by atoms with Crippen molar-refractivity contribution >= 4 is 33.4 Å². The molecule has 132 valence electrons. The molecule has 2 amide bonds. The summed E-state index contributed by atoms with van der Waals surface area (Å²) in [5.74, 6) is -0.833. The number of nitrogens with zero attached hydrogens (tertiary/aromatic N) is 1. The number of likely N-dealkylation sites (N-methyl/N-ethyl adjacent to an activating group) is 1. The summed E-state index contributed by atoms with van der Waals surface area (Å²) in [7, 11) is 3.64. The van der Waals surface area contributed by atoms with E-state index < -0.39 is 5.82 Å². The van der Waals surface area contributed by atoms with E-state index in [-0.39, 0.29) is 11.8 Å². The monoisotopic (exact) mass is 407 g/mol. The molecule has 0 aromatic heterocycles. The summed E-state index contributed by atoms with van der Waals surface area (Å²) >= 11 is 3.18. The van der Waals surface area contributed by atoms with Crippen molar-refractivity contribution in [3.63, 3.8) is 0 Å². The summed E-state index contributed by atoms with van der Waals surface area (Å²) in [4.78, 5) is 25.8. The smallest absolute Gasteiger partial charge is 0.252 e. The Morgan fingerprint density at radius 1 is 1.16 bits per heavy atom. The zero-order valence-corrected chi connectivity index (χ0v) is 15.6. The van der Waals surface area contributed by atoms with Crippen LogP contribution in [0.25, 0.3) is 0 Å². The van der Waals surface area contributed by atoms with E-state index in [0.29, 0.717) is 28.8 Å². The summed E-state index contributed by atoms with van der Waals surface area (Å²) in [5, 5.41) is 5.58. The van der Waals surface area contributed by atoms with Gasteiger partial charge in [0.1, 0.15) is 5.82 Å². The Labute approximate surface area is 154 Å². The molecule has 0 fully saturated rings. The molecule has 7 heteroatoms. The van der Waals surface area contributed by atoms with Gasteiger partial charge in [0.2, 0.25) is 5.91 Å². The molecular weight excluding hydrogens is 389 g/mol. The largest absolute Gasteiger partial charge is 0.348 e. The van der Waals surface area contributed by atoms with Gasteiger partial charge in [-0.25, -0.2) is 4.39 Å². The van der Waals surface area contributed by atoms with Crippen LogP contribution >= 0.6 is 15.9 Å². The molecule has 0 radical (unpaired) electrons. The molecule has 0 aliphatic carbocycles. The van der Waals surface area contributed by atoms with Gasteiger partial charge in [0, 0.05) is 16.7 Å². The Bertz CT molecular complexity index is 781. The predicted molar refractivity (Wildman–Crippen MR) is 98.9 cm³/mol. The highest BCUT2D eigenvalue weighted by molar-refractivity contribution is 9.10. The number of benzene rings is 2. The number of nitrogens with one attached hydrogen (secondary N) is 2. The number of rotatable bonds is 6. The normalized spacial score (nSPS) is 10.6. The van der Waals surface area contributed by atoms with Crippen molar-refractivity contribution in [2.45, 2.75) is 6.54 Å². The number of hydrogen-bond donors (Lipinski definition) is 2. The Balaban J connectivity index is 1.97. The molecule has 0 spiro atoms. The average Bonchev–Trinajstić information content (AvgIpc) is 2.52. The van der Waals surface area contributed by atoms with E-state index >= 15 is 0 Å². The van der Waals surface area contributed by atoms with Crippen LogP contribution in [0.1, 0.15) is 15.9 Å². The SMILES string of the molecule is CN(C)CC(=O)Nc1cccc(CNC(=O)c2ccc(F)cc2Br)c1. The molecule has 0 saturated carbocycles. The summed E-state index contributed by atoms with van der Waals surface area (Å²) in [6, 6.07) is 11.1. The van der Waals surface area contributed by atoms with Crippen molar-refractivity contribution in [2.75, 3.05) is 26.0 Å². The second-order valence-electron chi connectivity index (χ2n) is 5.79. The molecule has 2 rings (SSSR count). The number of amides is 2. The van der Waals surface area contributed by atoms with Gasteiger partial charge in [-0.05, 0) is 65.9 Å². The lowest BCUT2D eigenvalue weighted by Gasteiger charge is -2.11. The summed E-state index contributed by atoms with van der Waals surface area (Å²) < 4.78 is 13.5. The number of carbonyl (C=O) groups excluding carboxylic acids is 2. The van der Waals surface area contributed by atoms with Crippen LogP contribution < -0.4 is 10.6 Å². The molecule has 0 unspecified atom stereocenters. The highest BCUT2D eigenvalue weighted by atomic mass is 79.9. The van der Waals surface area contributed by atoms with E-state index in [1.807, 2.05) is 20.2 Å². The fraction of sp³-hybridized carbons (Fsp3) is 0.222. The maximum Gasteiger partial charge on any atom is 0.252 e. The van der Waals surface area contributed by atoms with Gasteiger partial charge in [-0.3, -0.25) is 9.59 Å². The summed E-state index contributed by atoms with van der Waals surface area (Å²) in [5.41, 5.74) is 1.87. The molecule has 25 heavy (non-hydrogen) atoms. The van der Waals surface area contributed by atoms with Crippen LogP contribution in [0.3, 0.4) is 0 Å². The van der Waals surface area contributed by atoms with Gasteiger partial charge in [-0.2, -0.15) is 0 Å². The first kappa shape index (κ1) is 19.1. The van der Waals surface area contributed by atoms with Gasteiger partial charge in [-0.15, -0.1) is 0 Å². The van der Waals surface area contributed by atoms with Gasteiger partial charge in [0.25, 0.3) is 5.91 Å². The van der Waals surface area contributed by atoms with Crippen molar-refractivity contribution in [1.29, 1.82) is 0 Å². The number of halogens is 2. The van der Waals surface area contributed by atoms with Crippen molar-refractivity contribution < 1.29 is 14.0 Å². The minimum Gasteiger partial charge on any atom is -0.348 e. The number of anilines is 1. The summed E-state index contributed by atoms with van der Waals surface area (Å²) in [6.45, 7) is 0.583. The standard InChI is InChI=1S/C18H19BrFN3O2/c1-23(2)11-17(24)22-14-5-3-4-12(8-14)10-21-18(25)15-7-6-13(20)9-16(15)19/h3-9H,10-11H2,1-2H3,(H,21,25)(H,22,24). The first-order valence-corrected chi connectivity index (χ1v) is 8.41. The molecule has 0 heterocycles. The Morgan fingerprint density at radius 3 is 2.60 bits per heavy atom. The lowest BCUT2D eigenvalue weighted by molar-refractivity contribution is -0.116.